The molecule has 2 rings (SSSR count). The van der Waals surface area contributed by atoms with Crippen LogP contribution in [-0.4, -0.2) is 61.7 Å². The zero-order valence-corrected chi connectivity index (χ0v) is 15.8. The number of carbonyl (C=O) groups excluding carboxylic acids is 2. The Balaban J connectivity index is 1.87. The number of morpholine rings is 1. The van der Waals surface area contributed by atoms with Crippen molar-refractivity contribution in [3.05, 3.63) is 24.0 Å². The van der Waals surface area contributed by atoms with Crippen molar-refractivity contribution in [1.82, 2.24) is 5.32 Å². The summed E-state index contributed by atoms with van der Waals surface area (Å²) in [6, 6.07) is 4.32. The zero-order chi connectivity index (χ0) is 20.0. The van der Waals surface area contributed by atoms with Crippen LogP contribution in [0.4, 0.5) is 20.6 Å². The number of nitrogens with one attached hydrogen (secondary N) is 2. The molecule has 0 spiro atoms. The van der Waals surface area contributed by atoms with E-state index < -0.39 is 29.5 Å². The van der Waals surface area contributed by atoms with Crippen LogP contribution < -0.4 is 15.5 Å². The molecule has 0 aromatic heterocycles. The van der Waals surface area contributed by atoms with Crippen LogP contribution in [0, 0.1) is 5.82 Å². The Morgan fingerprint density at radius 3 is 2.59 bits per heavy atom. The summed E-state index contributed by atoms with van der Waals surface area (Å²) in [5, 5.41) is 14.6. The molecule has 1 fully saturated rings. The number of aliphatic hydroxyl groups is 1. The minimum Gasteiger partial charge on any atom is -0.444 e. The Labute approximate surface area is 157 Å². The number of nitrogens with zero attached hydrogens (tertiary/aromatic N) is 1. The van der Waals surface area contributed by atoms with Gasteiger partial charge < -0.3 is 30.1 Å². The van der Waals surface area contributed by atoms with Gasteiger partial charge in [-0.3, -0.25) is 4.79 Å². The number of amides is 2. The fourth-order valence-electron chi connectivity index (χ4n) is 2.46. The van der Waals surface area contributed by atoms with E-state index in [-0.39, 0.29) is 12.2 Å². The number of alkyl carbamates (subject to hydrolysis) is 1. The summed E-state index contributed by atoms with van der Waals surface area (Å²) in [5.74, 6) is -1.24. The monoisotopic (exact) mass is 383 g/mol. The normalized spacial score (nSPS) is 15.8. The molecule has 1 atom stereocenters. The highest BCUT2D eigenvalue weighted by Crippen LogP contribution is 2.23. The first-order valence-corrected chi connectivity index (χ1v) is 8.74. The molecule has 150 valence electrons. The Morgan fingerprint density at radius 2 is 2.00 bits per heavy atom. The van der Waals surface area contributed by atoms with Crippen LogP contribution in [-0.2, 0) is 14.3 Å². The average molecular weight is 383 g/mol. The highest BCUT2D eigenvalue weighted by molar-refractivity contribution is 5.94. The largest absolute Gasteiger partial charge is 0.444 e. The number of carbonyl (C=O) groups is 2. The van der Waals surface area contributed by atoms with Gasteiger partial charge in [-0.15, -0.1) is 0 Å². The minimum absolute atomic E-state index is 0.214. The zero-order valence-electron chi connectivity index (χ0n) is 15.8. The Bertz CT molecular complexity index is 671. The molecule has 9 heteroatoms. The summed E-state index contributed by atoms with van der Waals surface area (Å²) in [7, 11) is 0. The summed E-state index contributed by atoms with van der Waals surface area (Å²) >= 11 is 0. The van der Waals surface area contributed by atoms with Crippen molar-refractivity contribution < 1.29 is 28.6 Å². The lowest BCUT2D eigenvalue weighted by molar-refractivity contribution is -0.123. The smallest absolute Gasteiger partial charge is 0.407 e. The molecule has 1 aliphatic heterocycles. The molecule has 0 bridgehead atoms. The first-order chi connectivity index (χ1) is 12.7. The van der Waals surface area contributed by atoms with E-state index in [0.717, 1.165) is 0 Å². The van der Waals surface area contributed by atoms with Crippen LogP contribution in [0.5, 0.6) is 0 Å². The average Bonchev–Trinajstić information content (AvgIpc) is 2.59. The summed E-state index contributed by atoms with van der Waals surface area (Å²) in [5.41, 5.74) is -0.0360. The van der Waals surface area contributed by atoms with Gasteiger partial charge in [-0.05, 0) is 39.0 Å². The van der Waals surface area contributed by atoms with E-state index in [2.05, 4.69) is 10.6 Å². The van der Waals surface area contributed by atoms with Gasteiger partial charge in [0.15, 0.2) is 0 Å². The molecule has 2 amide bonds. The first-order valence-electron chi connectivity index (χ1n) is 8.74. The number of aliphatic hydroxyl groups excluding tert-OH is 1. The van der Waals surface area contributed by atoms with Crippen molar-refractivity contribution in [2.75, 3.05) is 43.1 Å². The molecule has 0 aliphatic carbocycles. The number of anilines is 2. The van der Waals surface area contributed by atoms with Gasteiger partial charge in [0.2, 0.25) is 0 Å². The highest BCUT2D eigenvalue weighted by atomic mass is 19.1. The fraction of sp³-hybridized carbons (Fsp3) is 0.556. The Morgan fingerprint density at radius 1 is 1.33 bits per heavy atom. The Kier molecular flexibility index (Phi) is 6.98. The van der Waals surface area contributed by atoms with Crippen LogP contribution in [0.1, 0.15) is 20.8 Å². The van der Waals surface area contributed by atoms with Gasteiger partial charge in [0.1, 0.15) is 17.5 Å². The van der Waals surface area contributed by atoms with Gasteiger partial charge in [0.25, 0.3) is 5.91 Å². The van der Waals surface area contributed by atoms with Gasteiger partial charge >= 0.3 is 6.09 Å². The second-order valence-electron chi connectivity index (χ2n) is 7.15. The van der Waals surface area contributed by atoms with Crippen molar-refractivity contribution in [3.8, 4) is 0 Å². The number of benzene rings is 1. The molecule has 1 aliphatic rings. The number of rotatable bonds is 5. The number of ether oxygens (including phenoxy) is 2. The molecule has 27 heavy (non-hydrogen) atoms. The summed E-state index contributed by atoms with van der Waals surface area (Å²) < 4.78 is 24.6. The first kappa shape index (κ1) is 20.9. The van der Waals surface area contributed by atoms with Gasteiger partial charge in [0, 0.05) is 18.8 Å². The number of hydrogen-bond donors (Lipinski definition) is 3. The highest BCUT2D eigenvalue weighted by Gasteiger charge is 2.21. The van der Waals surface area contributed by atoms with Gasteiger partial charge in [-0.2, -0.15) is 0 Å². The van der Waals surface area contributed by atoms with Crippen molar-refractivity contribution in [2.24, 2.45) is 0 Å². The molecule has 3 N–H and O–H groups in total. The van der Waals surface area contributed by atoms with Crippen molar-refractivity contribution in [3.63, 3.8) is 0 Å². The predicted molar refractivity (Wildman–Crippen MR) is 98.3 cm³/mol. The van der Waals surface area contributed by atoms with Crippen molar-refractivity contribution >= 4 is 23.4 Å². The lowest BCUT2D eigenvalue weighted by Crippen LogP contribution is -2.41. The van der Waals surface area contributed by atoms with E-state index in [9.17, 15) is 19.1 Å². The Hall–Kier alpha value is -2.39. The van der Waals surface area contributed by atoms with Crippen LogP contribution in [0.2, 0.25) is 0 Å². The third-order valence-electron chi connectivity index (χ3n) is 3.71. The summed E-state index contributed by atoms with van der Waals surface area (Å²) in [6.07, 6.45) is -2.24. The van der Waals surface area contributed by atoms with Crippen molar-refractivity contribution in [1.29, 1.82) is 0 Å². The lowest BCUT2D eigenvalue weighted by atomic mass is 10.2. The minimum atomic E-state index is -1.50. The van der Waals surface area contributed by atoms with Gasteiger partial charge in [0.05, 0.1) is 25.4 Å². The molecular weight excluding hydrogens is 357 g/mol. The third-order valence-corrected chi connectivity index (χ3v) is 3.71. The van der Waals surface area contributed by atoms with E-state index in [1.54, 1.807) is 32.9 Å². The third kappa shape index (κ3) is 6.69. The van der Waals surface area contributed by atoms with Crippen LogP contribution >= 0.6 is 0 Å². The maximum atomic E-state index is 14.3. The summed E-state index contributed by atoms with van der Waals surface area (Å²) in [6.45, 7) is 7.04. The second kappa shape index (κ2) is 9.01. The van der Waals surface area contributed by atoms with E-state index >= 15 is 0 Å². The van der Waals surface area contributed by atoms with E-state index in [1.165, 1.54) is 6.07 Å². The predicted octanol–water partition coefficient (Wildman–Crippen LogP) is 1.49. The molecule has 8 nitrogen and oxygen atoms in total. The molecule has 1 saturated heterocycles. The molecular formula is C18H26FN3O5. The van der Waals surface area contributed by atoms with E-state index in [1.807, 2.05) is 4.90 Å². The molecule has 0 saturated carbocycles. The van der Waals surface area contributed by atoms with E-state index in [4.69, 9.17) is 9.47 Å². The SMILES string of the molecule is CC(C)(C)OC(=O)NC[C@H](O)C(=O)Nc1ccc(N2CCOCC2)c(F)c1. The maximum Gasteiger partial charge on any atom is 0.407 e. The quantitative estimate of drug-likeness (QED) is 0.712. The van der Waals surface area contributed by atoms with Gasteiger partial charge in [-0.25, -0.2) is 9.18 Å². The molecule has 1 aromatic rings. The maximum absolute atomic E-state index is 14.3. The summed E-state index contributed by atoms with van der Waals surface area (Å²) in [4.78, 5) is 25.4. The lowest BCUT2D eigenvalue weighted by Gasteiger charge is -2.29. The van der Waals surface area contributed by atoms with Crippen LogP contribution in [0.15, 0.2) is 18.2 Å². The second-order valence-corrected chi connectivity index (χ2v) is 7.15. The molecule has 1 heterocycles. The van der Waals surface area contributed by atoms with E-state index in [0.29, 0.717) is 32.0 Å². The molecule has 1 aromatic carbocycles. The van der Waals surface area contributed by atoms with Gasteiger partial charge in [-0.1, -0.05) is 0 Å². The molecule has 0 unspecified atom stereocenters. The number of halogens is 1. The van der Waals surface area contributed by atoms with Crippen LogP contribution in [0.3, 0.4) is 0 Å². The molecule has 0 radical (unpaired) electrons. The topological polar surface area (TPSA) is 100 Å². The fourth-order valence-corrected chi connectivity index (χ4v) is 2.46. The van der Waals surface area contributed by atoms with Crippen LogP contribution in [0.25, 0.3) is 0 Å². The van der Waals surface area contributed by atoms with Crippen molar-refractivity contribution in [2.45, 2.75) is 32.5 Å². The number of hydrogen-bond acceptors (Lipinski definition) is 6. The standard InChI is InChI=1S/C18H26FN3O5/c1-18(2,3)27-17(25)20-11-15(23)16(24)21-12-4-5-14(13(19)10-12)22-6-8-26-9-7-22/h4-5,10,15,23H,6-9,11H2,1-3H3,(H,20,25)(H,21,24)/t15-/m0/s1.